The van der Waals surface area contributed by atoms with Crippen molar-refractivity contribution in [2.75, 3.05) is 6.54 Å². The van der Waals surface area contributed by atoms with Gasteiger partial charge in [-0.05, 0) is 31.2 Å². The molecule has 0 saturated carbocycles. The lowest BCUT2D eigenvalue weighted by atomic mass is 10.1. The van der Waals surface area contributed by atoms with Gasteiger partial charge in [-0.3, -0.25) is 0 Å². The molecule has 0 radical (unpaired) electrons. The van der Waals surface area contributed by atoms with Gasteiger partial charge in [-0.2, -0.15) is 0 Å². The average Bonchev–Trinajstić information content (AvgIpc) is 2.26. The first-order valence-corrected chi connectivity index (χ1v) is 5.37. The second-order valence-electron chi connectivity index (χ2n) is 3.64. The summed E-state index contributed by atoms with van der Waals surface area (Å²) in [5, 5.41) is 11.8. The summed E-state index contributed by atoms with van der Waals surface area (Å²) in [6.07, 6.45) is 2.10. The highest BCUT2D eigenvalue weighted by atomic mass is 19.1. The van der Waals surface area contributed by atoms with Crippen LogP contribution >= 0.6 is 0 Å². The molecule has 0 aromatic heterocycles. The molecule has 0 aliphatic rings. The Balaban J connectivity index is 2.63. The lowest BCUT2D eigenvalue weighted by molar-refractivity contribution is 0.0696. The van der Waals surface area contributed by atoms with Crippen LogP contribution in [0.15, 0.2) is 18.2 Å². The van der Waals surface area contributed by atoms with Gasteiger partial charge in [-0.15, -0.1) is 0 Å². The number of nitrogens with one attached hydrogen (secondary N) is 1. The van der Waals surface area contributed by atoms with Gasteiger partial charge in [0.25, 0.3) is 0 Å². The molecule has 1 aromatic carbocycles. The summed E-state index contributed by atoms with van der Waals surface area (Å²) in [6.45, 7) is 3.26. The third kappa shape index (κ3) is 3.62. The van der Waals surface area contributed by atoms with Crippen LogP contribution in [0.3, 0.4) is 0 Å². The Bertz CT molecular complexity index is 366. The summed E-state index contributed by atoms with van der Waals surface area (Å²) in [5.41, 5.74) is 0.518. The molecule has 0 heterocycles. The Labute approximate surface area is 94.3 Å². The fraction of sp³-hybridized carbons (Fsp3) is 0.417. The zero-order valence-corrected chi connectivity index (χ0v) is 9.29. The van der Waals surface area contributed by atoms with Crippen molar-refractivity contribution in [1.29, 1.82) is 0 Å². The lowest BCUT2D eigenvalue weighted by Crippen LogP contribution is -2.16. The number of carbonyl (C=O) groups is 1. The van der Waals surface area contributed by atoms with Crippen LogP contribution < -0.4 is 5.32 Å². The van der Waals surface area contributed by atoms with E-state index in [9.17, 15) is 9.18 Å². The molecule has 0 aliphatic heterocycles. The highest BCUT2D eigenvalue weighted by Gasteiger charge is 2.07. The molecule has 0 amide bonds. The largest absolute Gasteiger partial charge is 0.478 e. The number of unbranched alkanes of at least 4 members (excludes halogenated alkanes) is 1. The smallest absolute Gasteiger partial charge is 0.335 e. The van der Waals surface area contributed by atoms with E-state index in [1.54, 1.807) is 0 Å². The van der Waals surface area contributed by atoms with Crippen LogP contribution in [-0.4, -0.2) is 17.6 Å². The molecule has 88 valence electrons. The minimum Gasteiger partial charge on any atom is -0.478 e. The van der Waals surface area contributed by atoms with Crippen molar-refractivity contribution in [3.8, 4) is 0 Å². The molecule has 0 unspecified atom stereocenters. The van der Waals surface area contributed by atoms with Crippen LogP contribution in [0.2, 0.25) is 0 Å². The van der Waals surface area contributed by atoms with Crippen LogP contribution in [0.4, 0.5) is 4.39 Å². The van der Waals surface area contributed by atoms with Crippen LogP contribution in [0, 0.1) is 5.82 Å². The van der Waals surface area contributed by atoms with Gasteiger partial charge in [0.1, 0.15) is 5.82 Å². The number of aromatic carboxylic acids is 1. The topological polar surface area (TPSA) is 49.3 Å². The number of carboxylic acids is 1. The maximum absolute atomic E-state index is 13.3. The molecule has 0 spiro atoms. The summed E-state index contributed by atoms with van der Waals surface area (Å²) in [7, 11) is 0. The fourth-order valence-corrected chi connectivity index (χ4v) is 1.37. The molecule has 16 heavy (non-hydrogen) atoms. The molecule has 1 aromatic rings. The first-order chi connectivity index (χ1) is 7.65. The van der Waals surface area contributed by atoms with E-state index in [1.165, 1.54) is 18.2 Å². The Kier molecular flexibility index (Phi) is 4.92. The van der Waals surface area contributed by atoms with Gasteiger partial charge in [0.15, 0.2) is 0 Å². The van der Waals surface area contributed by atoms with Crippen molar-refractivity contribution in [1.82, 2.24) is 5.32 Å². The Morgan fingerprint density at radius 3 is 2.88 bits per heavy atom. The van der Waals surface area contributed by atoms with E-state index in [1.807, 2.05) is 0 Å². The molecular formula is C12H16FNO2. The molecule has 4 heteroatoms. The van der Waals surface area contributed by atoms with Crippen molar-refractivity contribution in [3.63, 3.8) is 0 Å². The first-order valence-electron chi connectivity index (χ1n) is 5.37. The molecule has 0 saturated heterocycles. The van der Waals surface area contributed by atoms with Crippen LogP contribution in [-0.2, 0) is 6.54 Å². The molecule has 2 N–H and O–H groups in total. The monoisotopic (exact) mass is 225 g/mol. The van der Waals surface area contributed by atoms with Crippen LogP contribution in [0.5, 0.6) is 0 Å². The third-order valence-electron chi connectivity index (χ3n) is 2.32. The van der Waals surface area contributed by atoms with E-state index in [-0.39, 0.29) is 11.4 Å². The van der Waals surface area contributed by atoms with E-state index in [4.69, 9.17) is 5.11 Å². The average molecular weight is 225 g/mol. The molecular weight excluding hydrogens is 209 g/mol. The predicted molar refractivity (Wildman–Crippen MR) is 60.0 cm³/mol. The second kappa shape index (κ2) is 6.23. The lowest BCUT2D eigenvalue weighted by Gasteiger charge is -2.06. The zero-order valence-electron chi connectivity index (χ0n) is 9.29. The molecule has 0 aliphatic carbocycles. The number of hydrogen-bond acceptors (Lipinski definition) is 2. The van der Waals surface area contributed by atoms with Gasteiger partial charge in [0.05, 0.1) is 5.56 Å². The van der Waals surface area contributed by atoms with E-state index >= 15 is 0 Å². The number of hydrogen-bond donors (Lipinski definition) is 2. The molecule has 0 atom stereocenters. The Morgan fingerprint density at radius 1 is 1.50 bits per heavy atom. The van der Waals surface area contributed by atoms with Gasteiger partial charge in [-0.1, -0.05) is 13.3 Å². The van der Waals surface area contributed by atoms with Crippen molar-refractivity contribution in [3.05, 3.63) is 35.1 Å². The van der Waals surface area contributed by atoms with Gasteiger partial charge in [0, 0.05) is 12.1 Å². The second-order valence-corrected chi connectivity index (χ2v) is 3.64. The predicted octanol–water partition coefficient (Wildman–Crippen LogP) is 2.41. The first kappa shape index (κ1) is 12.6. The molecule has 0 bridgehead atoms. The summed E-state index contributed by atoms with van der Waals surface area (Å²) >= 11 is 0. The minimum absolute atomic E-state index is 0.119. The number of carboxylic acid groups (broad SMARTS) is 1. The molecule has 1 rings (SSSR count). The Hall–Kier alpha value is -1.42. The van der Waals surface area contributed by atoms with Crippen molar-refractivity contribution in [2.24, 2.45) is 0 Å². The minimum atomic E-state index is -1.03. The van der Waals surface area contributed by atoms with Gasteiger partial charge >= 0.3 is 5.97 Å². The zero-order chi connectivity index (χ0) is 12.0. The van der Waals surface area contributed by atoms with Gasteiger partial charge in [0.2, 0.25) is 0 Å². The summed E-state index contributed by atoms with van der Waals surface area (Å²) in [5.74, 6) is -1.40. The highest BCUT2D eigenvalue weighted by Crippen LogP contribution is 2.10. The van der Waals surface area contributed by atoms with Crippen LogP contribution in [0.1, 0.15) is 35.7 Å². The summed E-state index contributed by atoms with van der Waals surface area (Å²) < 4.78 is 13.3. The third-order valence-corrected chi connectivity index (χ3v) is 2.32. The number of halogens is 1. The van der Waals surface area contributed by atoms with Crippen molar-refractivity contribution >= 4 is 5.97 Å². The van der Waals surface area contributed by atoms with Crippen molar-refractivity contribution < 1.29 is 14.3 Å². The van der Waals surface area contributed by atoms with E-state index in [0.29, 0.717) is 12.1 Å². The van der Waals surface area contributed by atoms with E-state index in [2.05, 4.69) is 12.2 Å². The Morgan fingerprint density at radius 2 is 2.25 bits per heavy atom. The molecule has 0 fully saturated rings. The van der Waals surface area contributed by atoms with E-state index < -0.39 is 5.97 Å². The maximum atomic E-state index is 13.3. The number of benzene rings is 1. The number of rotatable bonds is 6. The van der Waals surface area contributed by atoms with Gasteiger partial charge < -0.3 is 10.4 Å². The standard InChI is InChI=1S/C12H16FNO2/c1-2-3-6-14-8-10-7-9(12(15)16)4-5-11(10)13/h4-5,7,14H,2-3,6,8H2,1H3,(H,15,16). The van der Waals surface area contributed by atoms with Crippen molar-refractivity contribution in [2.45, 2.75) is 26.3 Å². The highest BCUT2D eigenvalue weighted by molar-refractivity contribution is 5.87. The van der Waals surface area contributed by atoms with Crippen LogP contribution in [0.25, 0.3) is 0 Å². The maximum Gasteiger partial charge on any atom is 0.335 e. The fourth-order valence-electron chi connectivity index (χ4n) is 1.37. The SMILES string of the molecule is CCCCNCc1cc(C(=O)O)ccc1F. The van der Waals surface area contributed by atoms with Gasteiger partial charge in [-0.25, -0.2) is 9.18 Å². The summed E-state index contributed by atoms with van der Waals surface area (Å²) in [4.78, 5) is 10.7. The quantitative estimate of drug-likeness (QED) is 0.731. The summed E-state index contributed by atoms with van der Waals surface area (Å²) in [6, 6.07) is 3.84. The van der Waals surface area contributed by atoms with E-state index in [0.717, 1.165) is 19.4 Å². The normalized spacial score (nSPS) is 10.4. The molecule has 3 nitrogen and oxygen atoms in total.